The van der Waals surface area contributed by atoms with Gasteiger partial charge in [0, 0.05) is 18.4 Å². The summed E-state index contributed by atoms with van der Waals surface area (Å²) in [6.07, 6.45) is 6.27. The van der Waals surface area contributed by atoms with Gasteiger partial charge in [-0.25, -0.2) is 4.79 Å². The van der Waals surface area contributed by atoms with E-state index in [2.05, 4.69) is 6.58 Å². The number of rotatable bonds is 7. The smallest absolute Gasteiger partial charge is 0.334 e. The van der Waals surface area contributed by atoms with Gasteiger partial charge < -0.3 is 9.84 Å². The highest BCUT2D eigenvalue weighted by atomic mass is 16.6. The highest BCUT2D eigenvalue weighted by molar-refractivity contribution is 5.91. The van der Waals surface area contributed by atoms with Crippen molar-refractivity contribution in [1.82, 2.24) is 0 Å². The molecule has 4 heteroatoms. The van der Waals surface area contributed by atoms with Crippen molar-refractivity contribution < 1.29 is 19.4 Å². The summed E-state index contributed by atoms with van der Waals surface area (Å²) in [5, 5.41) is 8.62. The SMILES string of the molecule is C=CCCCC1=C[C@@](C)(CCC(=O)O)OC1=O. The first-order chi connectivity index (χ1) is 7.97. The molecule has 1 atom stereocenters. The Morgan fingerprint density at radius 1 is 1.65 bits per heavy atom. The summed E-state index contributed by atoms with van der Waals surface area (Å²) in [7, 11) is 0. The van der Waals surface area contributed by atoms with Crippen LogP contribution >= 0.6 is 0 Å². The van der Waals surface area contributed by atoms with E-state index in [0.29, 0.717) is 18.4 Å². The van der Waals surface area contributed by atoms with Crippen molar-refractivity contribution in [1.29, 1.82) is 0 Å². The Morgan fingerprint density at radius 3 is 2.94 bits per heavy atom. The molecule has 1 N–H and O–H groups in total. The lowest BCUT2D eigenvalue weighted by Crippen LogP contribution is -2.24. The van der Waals surface area contributed by atoms with Crippen LogP contribution in [0, 0.1) is 0 Å². The molecular formula is C13H18O4. The number of carboxylic acids is 1. The molecule has 0 aromatic heterocycles. The van der Waals surface area contributed by atoms with Gasteiger partial charge in [0.15, 0.2) is 0 Å². The first-order valence-electron chi connectivity index (χ1n) is 5.74. The third-order valence-corrected chi connectivity index (χ3v) is 2.76. The highest BCUT2D eigenvalue weighted by Crippen LogP contribution is 2.31. The Balaban J connectivity index is 2.56. The van der Waals surface area contributed by atoms with E-state index in [-0.39, 0.29) is 12.4 Å². The predicted octanol–water partition coefficient (Wildman–Crippen LogP) is 2.45. The van der Waals surface area contributed by atoms with Gasteiger partial charge in [-0.3, -0.25) is 4.79 Å². The number of esters is 1. The van der Waals surface area contributed by atoms with Crippen molar-refractivity contribution in [3.8, 4) is 0 Å². The number of aliphatic carboxylic acids is 1. The zero-order valence-corrected chi connectivity index (χ0v) is 10.1. The summed E-state index contributed by atoms with van der Waals surface area (Å²) in [6.45, 7) is 5.36. The Bertz CT molecular complexity index is 356. The molecular weight excluding hydrogens is 220 g/mol. The third kappa shape index (κ3) is 4.06. The average Bonchev–Trinajstić information content (AvgIpc) is 2.53. The molecule has 0 amide bonds. The van der Waals surface area contributed by atoms with Gasteiger partial charge in [0.1, 0.15) is 5.60 Å². The average molecular weight is 238 g/mol. The standard InChI is InChI=1S/C13H18O4/c1-3-4-5-6-10-9-13(2,17-12(10)16)8-7-11(14)15/h3,9H,1,4-8H2,2H3,(H,14,15)/t13-/m1/s1. The molecule has 94 valence electrons. The molecule has 0 radical (unpaired) electrons. The lowest BCUT2D eigenvalue weighted by atomic mass is 9.98. The molecule has 0 unspecified atom stereocenters. The molecule has 1 aliphatic heterocycles. The van der Waals surface area contributed by atoms with E-state index in [1.165, 1.54) is 0 Å². The minimum Gasteiger partial charge on any atom is -0.481 e. The number of unbranched alkanes of at least 4 members (excludes halogenated alkanes) is 1. The number of carboxylic acid groups (broad SMARTS) is 1. The molecule has 0 aliphatic carbocycles. The summed E-state index contributed by atoms with van der Waals surface area (Å²) in [5.41, 5.74) is -0.0985. The van der Waals surface area contributed by atoms with Crippen LogP contribution in [0.4, 0.5) is 0 Å². The molecule has 0 aromatic carbocycles. The minimum atomic E-state index is -0.879. The molecule has 0 aromatic rings. The van der Waals surface area contributed by atoms with Crippen LogP contribution in [0.25, 0.3) is 0 Å². The van der Waals surface area contributed by atoms with Crippen LogP contribution in [0.2, 0.25) is 0 Å². The van der Waals surface area contributed by atoms with E-state index < -0.39 is 11.6 Å². The molecule has 4 nitrogen and oxygen atoms in total. The number of hydrogen-bond acceptors (Lipinski definition) is 3. The van der Waals surface area contributed by atoms with Gasteiger partial charge in [-0.05, 0) is 32.3 Å². The van der Waals surface area contributed by atoms with E-state index in [9.17, 15) is 9.59 Å². The molecule has 0 bridgehead atoms. The van der Waals surface area contributed by atoms with Crippen LogP contribution in [-0.4, -0.2) is 22.6 Å². The van der Waals surface area contributed by atoms with Crippen LogP contribution in [0.1, 0.15) is 39.0 Å². The summed E-state index contributed by atoms with van der Waals surface area (Å²) in [6, 6.07) is 0. The number of allylic oxidation sites excluding steroid dienone is 1. The topological polar surface area (TPSA) is 63.6 Å². The number of carbonyl (C=O) groups is 2. The maximum Gasteiger partial charge on any atom is 0.334 e. The van der Waals surface area contributed by atoms with Crippen molar-refractivity contribution >= 4 is 11.9 Å². The lowest BCUT2D eigenvalue weighted by molar-refractivity contribution is -0.148. The zero-order valence-electron chi connectivity index (χ0n) is 10.1. The van der Waals surface area contributed by atoms with Crippen LogP contribution in [0.5, 0.6) is 0 Å². The molecule has 0 saturated heterocycles. The number of hydrogen-bond donors (Lipinski definition) is 1. The van der Waals surface area contributed by atoms with Gasteiger partial charge in [-0.1, -0.05) is 6.08 Å². The number of cyclic esters (lactones) is 1. The Morgan fingerprint density at radius 2 is 2.35 bits per heavy atom. The molecule has 1 rings (SSSR count). The van der Waals surface area contributed by atoms with E-state index in [1.54, 1.807) is 13.0 Å². The van der Waals surface area contributed by atoms with Crippen LogP contribution in [0.15, 0.2) is 24.3 Å². The van der Waals surface area contributed by atoms with Crippen LogP contribution < -0.4 is 0 Å². The second-order valence-corrected chi connectivity index (χ2v) is 4.45. The summed E-state index contributed by atoms with van der Waals surface area (Å²) in [4.78, 5) is 22.1. The van der Waals surface area contributed by atoms with E-state index in [4.69, 9.17) is 9.84 Å². The molecule has 0 saturated carbocycles. The largest absolute Gasteiger partial charge is 0.481 e. The van der Waals surface area contributed by atoms with Gasteiger partial charge in [0.05, 0.1) is 0 Å². The van der Waals surface area contributed by atoms with Gasteiger partial charge in [-0.15, -0.1) is 6.58 Å². The van der Waals surface area contributed by atoms with Crippen molar-refractivity contribution in [3.63, 3.8) is 0 Å². The summed E-state index contributed by atoms with van der Waals surface area (Å²) >= 11 is 0. The molecule has 0 fully saturated rings. The second kappa shape index (κ2) is 5.66. The van der Waals surface area contributed by atoms with Crippen LogP contribution in [-0.2, 0) is 14.3 Å². The van der Waals surface area contributed by atoms with Crippen molar-refractivity contribution in [2.24, 2.45) is 0 Å². The van der Waals surface area contributed by atoms with Gasteiger partial charge in [0.25, 0.3) is 0 Å². The van der Waals surface area contributed by atoms with E-state index in [1.807, 2.05) is 6.08 Å². The van der Waals surface area contributed by atoms with Crippen molar-refractivity contribution in [2.75, 3.05) is 0 Å². The van der Waals surface area contributed by atoms with E-state index in [0.717, 1.165) is 12.8 Å². The summed E-state index contributed by atoms with van der Waals surface area (Å²) in [5.74, 6) is -1.20. The fourth-order valence-corrected chi connectivity index (χ4v) is 1.82. The second-order valence-electron chi connectivity index (χ2n) is 4.45. The summed E-state index contributed by atoms with van der Waals surface area (Å²) < 4.78 is 5.22. The normalized spacial score (nSPS) is 23.1. The number of carbonyl (C=O) groups excluding carboxylic acids is 1. The molecule has 0 spiro atoms. The highest BCUT2D eigenvalue weighted by Gasteiger charge is 2.35. The van der Waals surface area contributed by atoms with Crippen LogP contribution in [0.3, 0.4) is 0 Å². The van der Waals surface area contributed by atoms with Gasteiger partial charge in [-0.2, -0.15) is 0 Å². The quantitative estimate of drug-likeness (QED) is 0.420. The molecule has 17 heavy (non-hydrogen) atoms. The predicted molar refractivity (Wildman–Crippen MR) is 63.5 cm³/mol. The van der Waals surface area contributed by atoms with Crippen molar-refractivity contribution in [3.05, 3.63) is 24.3 Å². The molecule has 1 heterocycles. The Kier molecular flexibility index (Phi) is 4.49. The number of ether oxygens (including phenoxy) is 1. The molecule has 1 aliphatic rings. The lowest BCUT2D eigenvalue weighted by Gasteiger charge is -2.19. The van der Waals surface area contributed by atoms with Gasteiger partial charge in [0.2, 0.25) is 0 Å². The fraction of sp³-hybridized carbons (Fsp3) is 0.538. The maximum atomic E-state index is 11.6. The maximum absolute atomic E-state index is 11.6. The monoisotopic (exact) mass is 238 g/mol. The van der Waals surface area contributed by atoms with E-state index >= 15 is 0 Å². The Hall–Kier alpha value is -1.58. The fourth-order valence-electron chi connectivity index (χ4n) is 1.82. The first-order valence-corrected chi connectivity index (χ1v) is 5.74. The zero-order chi connectivity index (χ0) is 12.9. The minimum absolute atomic E-state index is 0.000216. The van der Waals surface area contributed by atoms with Gasteiger partial charge >= 0.3 is 11.9 Å². The third-order valence-electron chi connectivity index (χ3n) is 2.76. The first kappa shape index (κ1) is 13.5. The Labute approximate surface area is 101 Å². The van der Waals surface area contributed by atoms with Crippen molar-refractivity contribution in [2.45, 2.75) is 44.6 Å².